The van der Waals surface area contributed by atoms with E-state index in [1.165, 1.54) is 19.3 Å². The quantitative estimate of drug-likeness (QED) is 0.576. The number of primary amides is 1. The second kappa shape index (κ2) is 1.97. The van der Waals surface area contributed by atoms with Crippen LogP contribution in [-0.2, 0) is 4.79 Å². The van der Waals surface area contributed by atoms with Gasteiger partial charge in [0.2, 0.25) is 5.91 Å². The number of carbonyl (C=O) groups is 1. The summed E-state index contributed by atoms with van der Waals surface area (Å²) in [6, 6.07) is 0. The third kappa shape index (κ3) is 0.746. The normalized spacial score (nSPS) is 44.2. The van der Waals surface area contributed by atoms with Crippen LogP contribution in [-0.4, -0.2) is 5.91 Å². The molecule has 0 aromatic rings. The molecular weight excluding hydrogens is 126 g/mol. The highest BCUT2D eigenvalue weighted by Gasteiger charge is 2.41. The van der Waals surface area contributed by atoms with Crippen molar-refractivity contribution >= 4 is 5.91 Å². The summed E-state index contributed by atoms with van der Waals surface area (Å²) in [5.41, 5.74) is 5.25. The van der Waals surface area contributed by atoms with Crippen molar-refractivity contribution in [3.63, 3.8) is 0 Å². The summed E-state index contributed by atoms with van der Waals surface area (Å²) in [6.45, 7) is 0. The summed E-state index contributed by atoms with van der Waals surface area (Å²) in [5, 5.41) is 0. The van der Waals surface area contributed by atoms with Gasteiger partial charge in [-0.3, -0.25) is 4.79 Å². The molecule has 0 aliphatic heterocycles. The Bertz CT molecular complexity index is 167. The third-order valence-electron chi connectivity index (χ3n) is 3.10. The Morgan fingerprint density at radius 2 is 2.10 bits per heavy atom. The predicted octanol–water partition coefficient (Wildman–Crippen LogP) is 0.908. The van der Waals surface area contributed by atoms with Crippen LogP contribution in [0.1, 0.15) is 25.7 Å². The zero-order valence-corrected chi connectivity index (χ0v) is 6.05. The van der Waals surface area contributed by atoms with Crippen molar-refractivity contribution in [2.75, 3.05) is 0 Å². The zero-order valence-electron chi connectivity index (χ0n) is 6.05. The average Bonchev–Trinajstić information content (AvgIpc) is 2.44. The van der Waals surface area contributed by atoms with Gasteiger partial charge >= 0.3 is 0 Å². The minimum atomic E-state index is -0.0628. The molecule has 0 aromatic heterocycles. The van der Waals surface area contributed by atoms with Crippen LogP contribution in [0.2, 0.25) is 0 Å². The fourth-order valence-electron chi connectivity index (χ4n) is 2.59. The Morgan fingerprint density at radius 1 is 1.30 bits per heavy atom. The number of fused-ring (bicyclic) bond motifs is 2. The monoisotopic (exact) mass is 139 g/mol. The van der Waals surface area contributed by atoms with E-state index < -0.39 is 0 Å². The number of hydrogen-bond acceptors (Lipinski definition) is 1. The van der Waals surface area contributed by atoms with Gasteiger partial charge in [0.1, 0.15) is 0 Å². The molecule has 0 spiro atoms. The summed E-state index contributed by atoms with van der Waals surface area (Å²) in [4.78, 5) is 10.8. The van der Waals surface area contributed by atoms with E-state index in [0.29, 0.717) is 5.92 Å². The first-order valence-electron chi connectivity index (χ1n) is 4.06. The Balaban J connectivity index is 2.08. The van der Waals surface area contributed by atoms with E-state index in [2.05, 4.69) is 0 Å². The SMILES string of the molecule is NC(=O)C1CC2CCC1C2. The maximum Gasteiger partial charge on any atom is 0.220 e. The molecule has 2 aliphatic rings. The van der Waals surface area contributed by atoms with Gasteiger partial charge in [0, 0.05) is 5.92 Å². The zero-order chi connectivity index (χ0) is 7.14. The van der Waals surface area contributed by atoms with Gasteiger partial charge in [0.05, 0.1) is 0 Å². The van der Waals surface area contributed by atoms with Crippen molar-refractivity contribution < 1.29 is 4.79 Å². The number of carbonyl (C=O) groups excluding carboxylic acids is 1. The van der Waals surface area contributed by atoms with Crippen LogP contribution in [0.4, 0.5) is 0 Å². The minimum Gasteiger partial charge on any atom is -0.369 e. The van der Waals surface area contributed by atoms with Gasteiger partial charge in [0.25, 0.3) is 0 Å². The van der Waals surface area contributed by atoms with Crippen molar-refractivity contribution in [3.8, 4) is 0 Å². The average molecular weight is 139 g/mol. The predicted molar refractivity (Wildman–Crippen MR) is 38.1 cm³/mol. The van der Waals surface area contributed by atoms with Gasteiger partial charge in [-0.2, -0.15) is 0 Å². The fraction of sp³-hybridized carbons (Fsp3) is 0.875. The van der Waals surface area contributed by atoms with Crippen LogP contribution >= 0.6 is 0 Å². The Morgan fingerprint density at radius 3 is 2.40 bits per heavy atom. The molecular formula is C8H13NO. The molecule has 0 aromatic carbocycles. The molecule has 2 aliphatic carbocycles. The lowest BCUT2D eigenvalue weighted by atomic mass is 9.88. The van der Waals surface area contributed by atoms with Crippen LogP contribution in [0.5, 0.6) is 0 Å². The summed E-state index contributed by atoms with van der Waals surface area (Å²) < 4.78 is 0. The molecule has 2 bridgehead atoms. The van der Waals surface area contributed by atoms with E-state index in [0.717, 1.165) is 12.3 Å². The molecule has 0 radical (unpaired) electrons. The summed E-state index contributed by atoms with van der Waals surface area (Å²) >= 11 is 0. The highest BCUT2D eigenvalue weighted by molar-refractivity contribution is 5.77. The molecule has 2 rings (SSSR count). The molecule has 3 atom stereocenters. The van der Waals surface area contributed by atoms with Gasteiger partial charge in [-0.05, 0) is 31.1 Å². The van der Waals surface area contributed by atoms with E-state index in [9.17, 15) is 4.79 Å². The fourth-order valence-corrected chi connectivity index (χ4v) is 2.59. The molecule has 1 amide bonds. The molecule has 2 saturated carbocycles. The van der Waals surface area contributed by atoms with Crippen molar-refractivity contribution in [3.05, 3.63) is 0 Å². The lowest BCUT2D eigenvalue weighted by molar-refractivity contribution is -0.123. The summed E-state index contributed by atoms with van der Waals surface area (Å²) in [6.07, 6.45) is 4.94. The first-order chi connectivity index (χ1) is 4.77. The second-order valence-corrected chi connectivity index (χ2v) is 3.68. The van der Waals surface area contributed by atoms with Gasteiger partial charge in [-0.1, -0.05) is 6.42 Å². The topological polar surface area (TPSA) is 43.1 Å². The highest BCUT2D eigenvalue weighted by atomic mass is 16.1. The van der Waals surface area contributed by atoms with E-state index in [1.54, 1.807) is 0 Å². The number of nitrogens with two attached hydrogens (primary N) is 1. The van der Waals surface area contributed by atoms with Crippen LogP contribution in [0.3, 0.4) is 0 Å². The molecule has 56 valence electrons. The molecule has 2 heteroatoms. The van der Waals surface area contributed by atoms with Crippen molar-refractivity contribution in [1.82, 2.24) is 0 Å². The van der Waals surface area contributed by atoms with Crippen molar-refractivity contribution in [2.45, 2.75) is 25.7 Å². The van der Waals surface area contributed by atoms with E-state index in [-0.39, 0.29) is 11.8 Å². The van der Waals surface area contributed by atoms with Crippen LogP contribution in [0.15, 0.2) is 0 Å². The summed E-state index contributed by atoms with van der Waals surface area (Å²) in [7, 11) is 0. The van der Waals surface area contributed by atoms with E-state index >= 15 is 0 Å². The van der Waals surface area contributed by atoms with Gasteiger partial charge in [-0.15, -0.1) is 0 Å². The molecule has 0 saturated heterocycles. The standard InChI is InChI=1S/C8H13NO/c9-8(10)7-4-5-1-2-6(7)3-5/h5-7H,1-4H2,(H2,9,10). The van der Waals surface area contributed by atoms with Crippen LogP contribution in [0.25, 0.3) is 0 Å². The molecule has 2 N–H and O–H groups in total. The largest absolute Gasteiger partial charge is 0.369 e. The van der Waals surface area contributed by atoms with Crippen molar-refractivity contribution in [2.24, 2.45) is 23.5 Å². The van der Waals surface area contributed by atoms with Crippen LogP contribution < -0.4 is 5.73 Å². The molecule has 10 heavy (non-hydrogen) atoms. The van der Waals surface area contributed by atoms with E-state index in [4.69, 9.17) is 5.73 Å². The molecule has 2 fully saturated rings. The van der Waals surface area contributed by atoms with E-state index in [1.807, 2.05) is 0 Å². The molecule has 0 heterocycles. The maximum absolute atomic E-state index is 10.8. The third-order valence-corrected chi connectivity index (χ3v) is 3.10. The molecule has 3 unspecified atom stereocenters. The Kier molecular flexibility index (Phi) is 1.22. The van der Waals surface area contributed by atoms with Gasteiger partial charge < -0.3 is 5.73 Å². The first-order valence-corrected chi connectivity index (χ1v) is 4.06. The number of amides is 1. The highest BCUT2D eigenvalue weighted by Crippen LogP contribution is 2.47. The second-order valence-electron chi connectivity index (χ2n) is 3.68. The lowest BCUT2D eigenvalue weighted by Gasteiger charge is -2.17. The molecule has 2 nitrogen and oxygen atoms in total. The summed E-state index contributed by atoms with van der Waals surface area (Å²) in [5.74, 6) is 1.66. The maximum atomic E-state index is 10.8. The first kappa shape index (κ1) is 6.20. The van der Waals surface area contributed by atoms with Gasteiger partial charge in [0.15, 0.2) is 0 Å². The smallest absolute Gasteiger partial charge is 0.220 e. The Labute approximate surface area is 60.8 Å². The lowest BCUT2D eigenvalue weighted by Crippen LogP contribution is -2.27. The van der Waals surface area contributed by atoms with Gasteiger partial charge in [-0.25, -0.2) is 0 Å². The van der Waals surface area contributed by atoms with Crippen molar-refractivity contribution in [1.29, 1.82) is 0 Å². The number of rotatable bonds is 1. The minimum absolute atomic E-state index is 0.0628. The Hall–Kier alpha value is -0.530. The van der Waals surface area contributed by atoms with Crippen LogP contribution in [0, 0.1) is 17.8 Å². The number of hydrogen-bond donors (Lipinski definition) is 1.